The molecule has 6 heteroatoms. The third-order valence-electron chi connectivity index (χ3n) is 3.12. The Hall–Kier alpha value is -1.82. The molecule has 0 N–H and O–H groups in total. The van der Waals surface area contributed by atoms with Gasteiger partial charge in [-0.2, -0.15) is 0 Å². The van der Waals surface area contributed by atoms with Crippen molar-refractivity contribution in [2.45, 2.75) is 26.3 Å². The summed E-state index contributed by atoms with van der Waals surface area (Å²) in [4.78, 5) is 25.0. The lowest BCUT2D eigenvalue weighted by Crippen LogP contribution is -2.34. The summed E-state index contributed by atoms with van der Waals surface area (Å²) in [7, 11) is 0. The molecule has 0 amide bonds. The second-order valence-corrected chi connectivity index (χ2v) is 5.43. The topological polar surface area (TPSA) is 55.8 Å². The molecule has 0 aromatic rings. The Balaban J connectivity index is 2.20. The van der Waals surface area contributed by atoms with Crippen LogP contribution in [0.3, 0.4) is 0 Å². The molecule has 2 rings (SSSR count). The molecule has 0 radical (unpaired) electrons. The highest BCUT2D eigenvalue weighted by atomic mass is 79.9. The molecule has 21 heavy (non-hydrogen) atoms. The summed E-state index contributed by atoms with van der Waals surface area (Å²) in [5.41, 5.74) is 0.757. The van der Waals surface area contributed by atoms with Gasteiger partial charge in [-0.25, -0.2) is 4.79 Å². The second kappa shape index (κ2) is 6.76. The van der Waals surface area contributed by atoms with E-state index in [4.69, 9.17) is 9.47 Å². The van der Waals surface area contributed by atoms with Gasteiger partial charge in [0.2, 0.25) is 0 Å². The summed E-state index contributed by atoms with van der Waals surface area (Å²) in [6.07, 6.45) is 8.32. The van der Waals surface area contributed by atoms with E-state index in [1.807, 2.05) is 0 Å². The fourth-order valence-electron chi connectivity index (χ4n) is 1.95. The third kappa shape index (κ3) is 3.64. The number of rotatable bonds is 4. The Morgan fingerprint density at radius 2 is 2.29 bits per heavy atom. The molecule has 0 aromatic heterocycles. The minimum atomic E-state index is -0.464. The lowest BCUT2D eigenvalue weighted by atomic mass is 10.0. The monoisotopic (exact) mass is 353 g/mol. The van der Waals surface area contributed by atoms with Gasteiger partial charge in [0.05, 0.1) is 6.61 Å². The van der Waals surface area contributed by atoms with Gasteiger partial charge in [-0.05, 0) is 26.0 Å². The number of nitrogens with zero attached hydrogens (tertiary/aromatic N) is 1. The predicted octanol–water partition coefficient (Wildman–Crippen LogP) is 2.76. The van der Waals surface area contributed by atoms with E-state index in [0.29, 0.717) is 12.4 Å². The zero-order chi connectivity index (χ0) is 15.4. The van der Waals surface area contributed by atoms with Crippen molar-refractivity contribution in [3.8, 4) is 0 Å². The highest BCUT2D eigenvalue weighted by Crippen LogP contribution is 2.30. The van der Waals surface area contributed by atoms with Crippen LogP contribution < -0.4 is 0 Å². The van der Waals surface area contributed by atoms with E-state index in [1.165, 1.54) is 12.3 Å². The van der Waals surface area contributed by atoms with Crippen molar-refractivity contribution in [3.63, 3.8) is 0 Å². The minimum absolute atomic E-state index is 0.0113. The summed E-state index contributed by atoms with van der Waals surface area (Å²) in [6, 6.07) is -0.464. The number of esters is 1. The zero-order valence-electron chi connectivity index (χ0n) is 11.8. The molecule has 2 aliphatic rings. The Labute approximate surface area is 131 Å². The van der Waals surface area contributed by atoms with Crippen LogP contribution in [0.5, 0.6) is 0 Å². The number of carbonyl (C=O) groups is 2. The Morgan fingerprint density at radius 3 is 3.00 bits per heavy atom. The number of allylic oxidation sites excluding steroid dienone is 4. The Kier molecular flexibility index (Phi) is 5.01. The molecule has 1 heterocycles. The highest BCUT2D eigenvalue weighted by molar-refractivity contribution is 9.11. The fraction of sp³-hybridized carbons (Fsp3) is 0.333. The van der Waals surface area contributed by atoms with Crippen LogP contribution in [0, 0.1) is 0 Å². The predicted molar refractivity (Wildman–Crippen MR) is 81.0 cm³/mol. The number of ether oxygens (including phenoxy) is 2. The number of carbonyl (C=O) groups excluding carboxylic acids is 2. The first-order valence-corrected chi connectivity index (χ1v) is 7.41. The standard InChI is InChI=1S/C15H16BrNO4/c1-3-20-15(19)10(2)17-6-7-21-14(9-17)12-8-11(18)4-5-13(12)16/h4-7,9-10H,3,8H2,1-2H3/t10-/m1/s1. The van der Waals surface area contributed by atoms with E-state index in [9.17, 15) is 9.59 Å². The zero-order valence-corrected chi connectivity index (χ0v) is 13.4. The van der Waals surface area contributed by atoms with E-state index >= 15 is 0 Å². The molecule has 1 aliphatic carbocycles. The lowest BCUT2D eigenvalue weighted by Gasteiger charge is -2.27. The first kappa shape index (κ1) is 15.6. The number of hydrogen-bond acceptors (Lipinski definition) is 5. The van der Waals surface area contributed by atoms with Crippen LogP contribution in [0.25, 0.3) is 0 Å². The van der Waals surface area contributed by atoms with Crippen LogP contribution in [0.1, 0.15) is 20.3 Å². The Morgan fingerprint density at radius 1 is 1.52 bits per heavy atom. The maximum absolute atomic E-state index is 11.8. The molecule has 1 aliphatic heterocycles. The van der Waals surface area contributed by atoms with Crippen LogP contribution in [0.15, 0.2) is 46.6 Å². The van der Waals surface area contributed by atoms with Crippen molar-refractivity contribution in [3.05, 3.63) is 46.6 Å². The van der Waals surface area contributed by atoms with E-state index in [0.717, 1.165) is 10.1 Å². The van der Waals surface area contributed by atoms with Crippen molar-refractivity contribution in [1.29, 1.82) is 0 Å². The number of hydrogen-bond donors (Lipinski definition) is 0. The molecular formula is C15H16BrNO4. The molecule has 112 valence electrons. The van der Waals surface area contributed by atoms with Gasteiger partial charge in [0.25, 0.3) is 0 Å². The van der Waals surface area contributed by atoms with Crippen molar-refractivity contribution in [2.24, 2.45) is 0 Å². The van der Waals surface area contributed by atoms with E-state index in [2.05, 4.69) is 15.9 Å². The second-order valence-electron chi connectivity index (χ2n) is 4.57. The molecule has 0 saturated heterocycles. The summed E-state index contributed by atoms with van der Waals surface area (Å²) < 4.78 is 11.3. The van der Waals surface area contributed by atoms with Crippen LogP contribution >= 0.6 is 15.9 Å². The summed E-state index contributed by atoms with van der Waals surface area (Å²) in [5, 5.41) is 0. The fourth-order valence-corrected chi connectivity index (χ4v) is 2.41. The molecule has 0 aromatic carbocycles. The third-order valence-corrected chi connectivity index (χ3v) is 3.86. The van der Waals surface area contributed by atoms with Gasteiger partial charge >= 0.3 is 5.97 Å². The molecule has 0 bridgehead atoms. The van der Waals surface area contributed by atoms with Crippen molar-refractivity contribution >= 4 is 27.7 Å². The largest absolute Gasteiger partial charge is 0.464 e. The van der Waals surface area contributed by atoms with Gasteiger partial charge in [0.15, 0.2) is 5.78 Å². The SMILES string of the molecule is CCOC(=O)[C@@H](C)N1C=COC(C2=C(Br)C=CC(=O)C2)=C1. The highest BCUT2D eigenvalue weighted by Gasteiger charge is 2.24. The van der Waals surface area contributed by atoms with Crippen LogP contribution in [0.4, 0.5) is 0 Å². The molecule has 1 atom stereocenters. The van der Waals surface area contributed by atoms with Gasteiger partial charge in [0.1, 0.15) is 18.1 Å². The maximum Gasteiger partial charge on any atom is 0.328 e. The van der Waals surface area contributed by atoms with Crippen LogP contribution in [0.2, 0.25) is 0 Å². The molecule has 0 saturated carbocycles. The summed E-state index contributed by atoms with van der Waals surface area (Å²) in [5.74, 6) is 0.239. The molecule has 0 unspecified atom stereocenters. The van der Waals surface area contributed by atoms with Crippen LogP contribution in [-0.4, -0.2) is 29.3 Å². The maximum atomic E-state index is 11.8. The first-order valence-electron chi connectivity index (χ1n) is 6.62. The van der Waals surface area contributed by atoms with Gasteiger partial charge in [0, 0.05) is 28.9 Å². The van der Waals surface area contributed by atoms with Gasteiger partial charge in [-0.1, -0.05) is 15.9 Å². The van der Waals surface area contributed by atoms with Crippen molar-refractivity contribution < 1.29 is 19.1 Å². The molecule has 5 nitrogen and oxygen atoms in total. The molecule has 0 fully saturated rings. The van der Waals surface area contributed by atoms with E-state index in [-0.39, 0.29) is 18.2 Å². The number of halogens is 1. The Bertz CT molecular complexity index is 574. The van der Waals surface area contributed by atoms with Gasteiger partial charge in [-0.15, -0.1) is 0 Å². The summed E-state index contributed by atoms with van der Waals surface area (Å²) in [6.45, 7) is 3.85. The average molecular weight is 354 g/mol. The van der Waals surface area contributed by atoms with Crippen LogP contribution in [-0.2, 0) is 19.1 Å². The van der Waals surface area contributed by atoms with E-state index in [1.54, 1.807) is 37.2 Å². The molecule has 0 spiro atoms. The number of ketones is 1. The molecular weight excluding hydrogens is 338 g/mol. The quantitative estimate of drug-likeness (QED) is 0.727. The summed E-state index contributed by atoms with van der Waals surface area (Å²) >= 11 is 3.41. The normalized spacial score (nSPS) is 19.3. The average Bonchev–Trinajstić information content (AvgIpc) is 2.49. The first-order chi connectivity index (χ1) is 10.0. The van der Waals surface area contributed by atoms with Gasteiger partial charge < -0.3 is 14.4 Å². The minimum Gasteiger partial charge on any atom is -0.464 e. The lowest BCUT2D eigenvalue weighted by molar-refractivity contribution is -0.147. The van der Waals surface area contributed by atoms with Crippen molar-refractivity contribution in [1.82, 2.24) is 4.90 Å². The van der Waals surface area contributed by atoms with Crippen molar-refractivity contribution in [2.75, 3.05) is 6.61 Å². The van der Waals surface area contributed by atoms with Gasteiger partial charge in [-0.3, -0.25) is 4.79 Å². The van der Waals surface area contributed by atoms with E-state index < -0.39 is 6.04 Å². The smallest absolute Gasteiger partial charge is 0.328 e.